The van der Waals surface area contributed by atoms with Crippen LogP contribution in [0.15, 0.2) is 5.57 Å². The molecule has 2 aliphatic carbocycles. The van der Waals surface area contributed by atoms with Crippen LogP contribution in [0, 0.1) is 12.6 Å². The van der Waals surface area contributed by atoms with E-state index in [4.69, 9.17) is 0 Å². The molecule has 2 rings (SSSR count). The molecule has 23 heavy (non-hydrogen) atoms. The average Bonchev–Trinajstić information content (AvgIpc) is 3.19. The first-order valence-electron chi connectivity index (χ1n) is 9.91. The van der Waals surface area contributed by atoms with Crippen LogP contribution in [0.3, 0.4) is 0 Å². The van der Waals surface area contributed by atoms with Gasteiger partial charge in [-0.15, -0.1) is 8.07 Å². The SMILES string of the molecule is C1CCCC1.C1CCCC1.[CH2-]CC(=[C-][Si](C)(C)C)CCCC.[Hf+4]. The fourth-order valence-electron chi connectivity index (χ4n) is 2.94. The van der Waals surface area contributed by atoms with E-state index in [1.807, 2.05) is 0 Å². The van der Waals surface area contributed by atoms with E-state index in [1.165, 1.54) is 89.0 Å². The van der Waals surface area contributed by atoms with Crippen LogP contribution in [0.4, 0.5) is 0 Å². The van der Waals surface area contributed by atoms with E-state index in [0.717, 1.165) is 6.42 Å². The van der Waals surface area contributed by atoms with Crippen LogP contribution in [0.5, 0.6) is 0 Å². The molecular formula is C21H42HfSi+2. The fraction of sp³-hybridized carbons (Fsp3) is 0.857. The normalized spacial score (nSPS) is 17.5. The molecule has 2 saturated carbocycles. The molecule has 2 heteroatoms. The molecule has 0 aromatic heterocycles. The van der Waals surface area contributed by atoms with Gasteiger partial charge in [0.1, 0.15) is 0 Å². The summed E-state index contributed by atoms with van der Waals surface area (Å²) in [7, 11) is -1.12. The molecule has 0 spiro atoms. The Kier molecular flexibility index (Phi) is 20.0. The molecule has 0 aromatic carbocycles. The number of hydrogen-bond donors (Lipinski definition) is 0. The molecule has 0 atom stereocenters. The van der Waals surface area contributed by atoms with E-state index in [1.54, 1.807) is 0 Å². The summed E-state index contributed by atoms with van der Waals surface area (Å²) in [5.74, 6) is 0. The van der Waals surface area contributed by atoms with E-state index in [0.29, 0.717) is 0 Å². The number of unbranched alkanes of at least 4 members (excludes halogenated alkanes) is 1. The van der Waals surface area contributed by atoms with Crippen molar-refractivity contribution in [2.45, 2.75) is 116 Å². The van der Waals surface area contributed by atoms with Crippen molar-refractivity contribution in [2.75, 3.05) is 0 Å². The summed E-state index contributed by atoms with van der Waals surface area (Å²) < 4.78 is 0. The van der Waals surface area contributed by atoms with Gasteiger partial charge < -0.3 is 12.6 Å². The van der Waals surface area contributed by atoms with E-state index < -0.39 is 8.07 Å². The van der Waals surface area contributed by atoms with E-state index in [9.17, 15) is 0 Å². The monoisotopic (exact) mass is 502 g/mol. The largest absolute Gasteiger partial charge is 4.00 e. The predicted octanol–water partition coefficient (Wildman–Crippen LogP) is 7.91. The Morgan fingerprint density at radius 1 is 0.826 bits per heavy atom. The quantitative estimate of drug-likeness (QED) is 0.266. The first-order chi connectivity index (χ1) is 10.5. The third-order valence-corrected chi connectivity index (χ3v) is 5.29. The van der Waals surface area contributed by atoms with Gasteiger partial charge in [-0.25, -0.2) is 0 Å². The van der Waals surface area contributed by atoms with Crippen molar-refractivity contribution in [2.24, 2.45) is 0 Å². The minimum absolute atomic E-state index is 0. The standard InChI is InChI=1S/C11H22Si.2C5H10.Hf/c1-6-8-9-11(7-2)10-12(3,4)5;2*1-2-4-5-3-1;/h2,6-9H2,1,3-5H3;2*1-5H2;/q-2;;;+4. The molecule has 132 valence electrons. The zero-order valence-electron chi connectivity index (χ0n) is 16.6. The van der Waals surface area contributed by atoms with Crippen molar-refractivity contribution in [1.29, 1.82) is 0 Å². The van der Waals surface area contributed by atoms with Crippen molar-refractivity contribution in [3.8, 4) is 0 Å². The topological polar surface area (TPSA) is 0 Å². The molecule has 0 bridgehead atoms. The Morgan fingerprint density at radius 2 is 1.17 bits per heavy atom. The summed E-state index contributed by atoms with van der Waals surface area (Å²) >= 11 is 0. The first-order valence-corrected chi connectivity index (χ1v) is 13.4. The van der Waals surface area contributed by atoms with Gasteiger partial charge in [0.15, 0.2) is 0 Å². The Hall–Kier alpha value is 0.827. The van der Waals surface area contributed by atoms with E-state index in [-0.39, 0.29) is 25.8 Å². The molecule has 0 unspecified atom stereocenters. The zero-order valence-corrected chi connectivity index (χ0v) is 21.2. The maximum absolute atomic E-state index is 3.95. The molecule has 0 aromatic rings. The van der Waals surface area contributed by atoms with Crippen molar-refractivity contribution in [3.05, 3.63) is 18.2 Å². The summed E-state index contributed by atoms with van der Waals surface area (Å²) in [5.41, 5.74) is 5.09. The maximum atomic E-state index is 3.95. The van der Waals surface area contributed by atoms with Gasteiger partial charge in [-0.2, -0.15) is 6.42 Å². The van der Waals surface area contributed by atoms with Crippen molar-refractivity contribution < 1.29 is 25.8 Å². The zero-order chi connectivity index (χ0) is 16.7. The second-order valence-corrected chi connectivity index (χ2v) is 12.6. The number of hydrogen-bond acceptors (Lipinski definition) is 0. The summed E-state index contributed by atoms with van der Waals surface area (Å²) in [4.78, 5) is 0. The van der Waals surface area contributed by atoms with E-state index in [2.05, 4.69) is 39.2 Å². The molecule has 0 heterocycles. The molecule has 0 aliphatic heterocycles. The molecule has 2 aliphatic rings. The van der Waals surface area contributed by atoms with Crippen LogP contribution in [0.1, 0.15) is 96.8 Å². The molecule has 0 amide bonds. The fourth-order valence-corrected chi connectivity index (χ4v) is 4.25. The minimum atomic E-state index is -1.12. The third kappa shape index (κ3) is 20.8. The van der Waals surface area contributed by atoms with Crippen molar-refractivity contribution in [1.82, 2.24) is 0 Å². The van der Waals surface area contributed by atoms with Crippen LogP contribution in [-0.4, -0.2) is 8.07 Å². The maximum Gasteiger partial charge on any atom is 4.00 e. The molecule has 0 saturated heterocycles. The summed E-state index contributed by atoms with van der Waals surface area (Å²) in [5, 5.41) is 0. The Balaban J connectivity index is 0. The van der Waals surface area contributed by atoms with Crippen LogP contribution >= 0.6 is 0 Å². The summed E-state index contributed by atoms with van der Waals surface area (Å²) in [6.07, 6.45) is 19.7. The molecule has 0 N–H and O–H groups in total. The number of rotatable bonds is 5. The second kappa shape index (κ2) is 17.6. The Labute approximate surface area is 168 Å². The van der Waals surface area contributed by atoms with Crippen LogP contribution in [0.25, 0.3) is 0 Å². The Bertz CT molecular complexity index is 232. The van der Waals surface area contributed by atoms with Gasteiger partial charge >= 0.3 is 25.8 Å². The summed E-state index contributed by atoms with van der Waals surface area (Å²) in [6, 6.07) is 0. The van der Waals surface area contributed by atoms with Crippen molar-refractivity contribution >= 4 is 8.07 Å². The van der Waals surface area contributed by atoms with Crippen LogP contribution in [0.2, 0.25) is 19.6 Å². The van der Waals surface area contributed by atoms with Gasteiger partial charge in [0.05, 0.1) is 0 Å². The number of allylic oxidation sites excluding steroid dienone is 1. The van der Waals surface area contributed by atoms with Gasteiger partial charge in [0.2, 0.25) is 0 Å². The first kappa shape index (κ1) is 26.1. The molecule has 0 radical (unpaired) electrons. The molecule has 2 fully saturated rings. The Morgan fingerprint density at radius 3 is 1.39 bits per heavy atom. The third-order valence-electron chi connectivity index (χ3n) is 4.19. The average molecular weight is 501 g/mol. The second-order valence-electron chi connectivity index (χ2n) is 7.87. The van der Waals surface area contributed by atoms with Crippen LogP contribution in [-0.2, 0) is 25.8 Å². The predicted molar refractivity (Wildman–Crippen MR) is 106 cm³/mol. The summed E-state index contributed by atoms with van der Waals surface area (Å²) in [6.45, 7) is 13.2. The van der Waals surface area contributed by atoms with Crippen molar-refractivity contribution in [3.63, 3.8) is 0 Å². The van der Waals surface area contributed by atoms with Gasteiger partial charge in [0, 0.05) is 0 Å². The molecule has 0 nitrogen and oxygen atoms in total. The molecular weight excluding hydrogens is 459 g/mol. The van der Waals surface area contributed by atoms with E-state index >= 15 is 0 Å². The smallest absolute Gasteiger partial charge is 0.501 e. The van der Waals surface area contributed by atoms with Gasteiger partial charge in [-0.1, -0.05) is 110 Å². The van der Waals surface area contributed by atoms with Gasteiger partial charge in [0.25, 0.3) is 0 Å². The minimum Gasteiger partial charge on any atom is -0.501 e. The van der Waals surface area contributed by atoms with Gasteiger partial charge in [-0.05, 0) is 0 Å². The van der Waals surface area contributed by atoms with Gasteiger partial charge in [-0.3, -0.25) is 5.57 Å². The van der Waals surface area contributed by atoms with Crippen LogP contribution < -0.4 is 0 Å².